The molecule has 5 nitrogen and oxygen atoms in total. The van der Waals surface area contributed by atoms with E-state index < -0.39 is 11.3 Å². The Labute approximate surface area is 195 Å². The second-order valence-electron chi connectivity index (χ2n) is 7.88. The van der Waals surface area contributed by atoms with Gasteiger partial charge in [-0.25, -0.2) is 0 Å². The maximum atomic E-state index is 10.2. The van der Waals surface area contributed by atoms with Gasteiger partial charge in [0.25, 0.3) is 0 Å². The van der Waals surface area contributed by atoms with Crippen molar-refractivity contribution in [2.24, 2.45) is 17.1 Å². The summed E-state index contributed by atoms with van der Waals surface area (Å²) in [6.45, 7) is 2.08. The first kappa shape index (κ1) is 21.1. The average molecular weight is 517 g/mol. The number of benzene rings is 2. The molecule has 0 bridgehead atoms. The van der Waals surface area contributed by atoms with E-state index in [9.17, 15) is 15.8 Å². The highest BCUT2D eigenvalue weighted by atomic mass is 127. The van der Waals surface area contributed by atoms with Gasteiger partial charge in [0, 0.05) is 35.0 Å². The first-order valence-corrected chi connectivity index (χ1v) is 11.1. The minimum Gasteiger partial charge on any atom is -0.399 e. The molecule has 0 aromatic heterocycles. The predicted octanol–water partition coefficient (Wildman–Crippen LogP) is 4.22. The summed E-state index contributed by atoms with van der Waals surface area (Å²) in [6.07, 6.45) is 2.05. The van der Waals surface area contributed by atoms with E-state index >= 15 is 0 Å². The highest BCUT2D eigenvalue weighted by molar-refractivity contribution is 14.1. The van der Waals surface area contributed by atoms with Gasteiger partial charge in [-0.2, -0.15) is 15.8 Å². The molecule has 152 valence electrons. The highest BCUT2D eigenvalue weighted by Crippen LogP contribution is 2.54. The van der Waals surface area contributed by atoms with E-state index in [-0.39, 0.29) is 17.2 Å². The van der Waals surface area contributed by atoms with E-state index in [2.05, 4.69) is 57.8 Å². The van der Waals surface area contributed by atoms with Gasteiger partial charge in [0.05, 0.1) is 23.4 Å². The van der Waals surface area contributed by atoms with Crippen molar-refractivity contribution in [1.82, 2.24) is 4.90 Å². The number of halogens is 1. The zero-order valence-corrected chi connectivity index (χ0v) is 19.0. The minimum absolute atomic E-state index is 0.0728. The lowest BCUT2D eigenvalue weighted by molar-refractivity contribution is 0.200. The van der Waals surface area contributed by atoms with Crippen molar-refractivity contribution >= 4 is 22.6 Å². The number of hydrogen-bond acceptors (Lipinski definition) is 5. The SMILES string of the molecule is N#CC1=C(N)C(C#N)(C#N)[C@@H](c2ccccc2I)[C@@H]2CN(Cc3ccccc3)CC=C12. The third-order valence-electron chi connectivity index (χ3n) is 6.23. The number of fused-ring (bicyclic) bond motifs is 1. The fraction of sp³-hybridized carbons (Fsp3) is 0.240. The standard InChI is InChI=1S/C25H20IN5/c26-22-9-5-4-8-19(22)23-21-14-31(13-17-6-2-1-3-7-17)11-10-18(21)20(12-27)24(30)25(23,15-28)16-29/h1-10,21,23H,11,13-14,30H2/t21-,23+/m1/s1. The molecule has 2 atom stereocenters. The Morgan fingerprint density at radius 1 is 1.03 bits per heavy atom. The topological polar surface area (TPSA) is 101 Å². The molecule has 2 aliphatic rings. The van der Waals surface area contributed by atoms with Crippen LogP contribution in [-0.4, -0.2) is 18.0 Å². The Bertz CT molecular complexity index is 1180. The molecule has 6 heteroatoms. The molecule has 1 heterocycles. The minimum atomic E-state index is -1.59. The van der Waals surface area contributed by atoms with Crippen LogP contribution in [0.3, 0.4) is 0 Å². The van der Waals surface area contributed by atoms with Gasteiger partial charge in [-0.15, -0.1) is 0 Å². The van der Waals surface area contributed by atoms with Crippen LogP contribution in [0.25, 0.3) is 0 Å². The van der Waals surface area contributed by atoms with Crippen LogP contribution in [0.15, 0.2) is 77.5 Å². The summed E-state index contributed by atoms with van der Waals surface area (Å²) in [5.41, 5.74) is 8.13. The summed E-state index contributed by atoms with van der Waals surface area (Å²) >= 11 is 2.25. The Hall–Kier alpha value is -3.12. The lowest BCUT2D eigenvalue weighted by Crippen LogP contribution is -2.48. The highest BCUT2D eigenvalue weighted by Gasteiger charge is 2.54. The number of nitriles is 3. The van der Waals surface area contributed by atoms with Crippen LogP contribution in [0.5, 0.6) is 0 Å². The second-order valence-corrected chi connectivity index (χ2v) is 9.04. The fourth-order valence-corrected chi connectivity index (χ4v) is 5.50. The summed E-state index contributed by atoms with van der Waals surface area (Å²) in [4.78, 5) is 2.29. The number of nitrogens with zero attached hydrogens (tertiary/aromatic N) is 4. The van der Waals surface area contributed by atoms with E-state index in [1.165, 1.54) is 5.56 Å². The van der Waals surface area contributed by atoms with Gasteiger partial charge >= 0.3 is 0 Å². The molecule has 2 aromatic carbocycles. The number of allylic oxidation sites excluding steroid dienone is 2. The monoisotopic (exact) mass is 517 g/mol. The number of nitrogens with two attached hydrogens (primary N) is 1. The lowest BCUT2D eigenvalue weighted by Gasteiger charge is -2.46. The third kappa shape index (κ3) is 3.51. The van der Waals surface area contributed by atoms with Crippen LogP contribution >= 0.6 is 22.6 Å². The Balaban J connectivity index is 1.87. The number of hydrogen-bond donors (Lipinski definition) is 1. The van der Waals surface area contributed by atoms with Gasteiger partial charge in [0.2, 0.25) is 0 Å². The maximum absolute atomic E-state index is 10.2. The molecule has 2 aromatic rings. The summed E-state index contributed by atoms with van der Waals surface area (Å²) in [5, 5.41) is 30.3. The molecule has 1 aliphatic carbocycles. The van der Waals surface area contributed by atoms with Crippen LogP contribution in [0.4, 0.5) is 0 Å². The Morgan fingerprint density at radius 3 is 2.35 bits per heavy atom. The predicted molar refractivity (Wildman–Crippen MR) is 126 cm³/mol. The van der Waals surface area contributed by atoms with Gasteiger partial charge in [-0.05, 0) is 45.4 Å². The summed E-state index contributed by atoms with van der Waals surface area (Å²) in [7, 11) is 0. The van der Waals surface area contributed by atoms with E-state index in [1.54, 1.807) is 0 Å². The van der Waals surface area contributed by atoms with E-state index in [0.29, 0.717) is 13.1 Å². The summed E-state index contributed by atoms with van der Waals surface area (Å²) in [5.74, 6) is -0.646. The molecule has 0 spiro atoms. The molecule has 0 unspecified atom stereocenters. The van der Waals surface area contributed by atoms with Crippen LogP contribution in [-0.2, 0) is 6.54 Å². The van der Waals surface area contributed by atoms with Crippen LogP contribution < -0.4 is 5.73 Å². The molecule has 0 radical (unpaired) electrons. The van der Waals surface area contributed by atoms with E-state index in [4.69, 9.17) is 5.73 Å². The van der Waals surface area contributed by atoms with Crippen LogP contribution in [0.1, 0.15) is 17.0 Å². The van der Waals surface area contributed by atoms with Gasteiger partial charge in [0.15, 0.2) is 5.41 Å². The summed E-state index contributed by atoms with van der Waals surface area (Å²) in [6, 6.07) is 24.6. The smallest absolute Gasteiger partial charge is 0.191 e. The third-order valence-corrected chi connectivity index (χ3v) is 7.21. The van der Waals surface area contributed by atoms with E-state index in [0.717, 1.165) is 21.3 Å². The maximum Gasteiger partial charge on any atom is 0.191 e. The molecule has 4 rings (SSSR count). The molecule has 2 N–H and O–H groups in total. The molecule has 0 fully saturated rings. The quantitative estimate of drug-likeness (QED) is 0.615. The van der Waals surface area contributed by atoms with Gasteiger partial charge in [0.1, 0.15) is 6.07 Å². The molecule has 0 saturated carbocycles. The van der Waals surface area contributed by atoms with Crippen molar-refractivity contribution < 1.29 is 0 Å². The zero-order valence-electron chi connectivity index (χ0n) is 16.8. The second kappa shape index (κ2) is 8.55. The molecular formula is C25H20IN5. The molecule has 0 saturated heterocycles. The normalized spacial score (nSPS) is 22.5. The van der Waals surface area contributed by atoms with Crippen LogP contribution in [0, 0.1) is 48.9 Å². The van der Waals surface area contributed by atoms with Gasteiger partial charge < -0.3 is 5.73 Å². The molecule has 31 heavy (non-hydrogen) atoms. The van der Waals surface area contributed by atoms with Crippen molar-refractivity contribution in [3.05, 3.63) is 92.2 Å². The first-order valence-electron chi connectivity index (χ1n) is 9.99. The number of rotatable bonds is 3. The first-order chi connectivity index (χ1) is 15.1. The lowest BCUT2D eigenvalue weighted by atomic mass is 9.58. The Kier molecular flexibility index (Phi) is 5.83. The molecular weight excluding hydrogens is 497 g/mol. The van der Waals surface area contributed by atoms with Gasteiger partial charge in [-0.1, -0.05) is 54.6 Å². The summed E-state index contributed by atoms with van der Waals surface area (Å²) < 4.78 is 0.979. The molecule has 0 amide bonds. The Morgan fingerprint density at radius 2 is 1.71 bits per heavy atom. The van der Waals surface area contributed by atoms with Crippen LogP contribution in [0.2, 0.25) is 0 Å². The van der Waals surface area contributed by atoms with Crippen molar-refractivity contribution in [3.8, 4) is 18.2 Å². The van der Waals surface area contributed by atoms with Gasteiger partial charge in [-0.3, -0.25) is 4.90 Å². The fourth-order valence-electron chi connectivity index (χ4n) is 4.78. The van der Waals surface area contributed by atoms with Crippen molar-refractivity contribution in [2.75, 3.05) is 13.1 Å². The van der Waals surface area contributed by atoms with Crippen molar-refractivity contribution in [3.63, 3.8) is 0 Å². The van der Waals surface area contributed by atoms with Crippen molar-refractivity contribution in [1.29, 1.82) is 15.8 Å². The zero-order chi connectivity index (χ0) is 22.0. The largest absolute Gasteiger partial charge is 0.399 e. The van der Waals surface area contributed by atoms with E-state index in [1.807, 2.05) is 48.5 Å². The van der Waals surface area contributed by atoms with Crippen molar-refractivity contribution in [2.45, 2.75) is 12.5 Å². The average Bonchev–Trinajstić information content (AvgIpc) is 2.80. The molecule has 1 aliphatic heterocycles.